The molecule has 2 unspecified atom stereocenters. The molecular weight excluding hydrogens is 542 g/mol. The topological polar surface area (TPSA) is 73.7 Å². The predicted octanol–water partition coefficient (Wildman–Crippen LogP) is 8.05. The zero-order valence-corrected chi connectivity index (χ0v) is 29.3. The molecule has 252 valence electrons. The van der Waals surface area contributed by atoms with Gasteiger partial charge in [0.15, 0.2) is 0 Å². The van der Waals surface area contributed by atoms with Gasteiger partial charge < -0.3 is 25.8 Å². The van der Waals surface area contributed by atoms with E-state index in [0.29, 0.717) is 24.2 Å². The fourth-order valence-corrected chi connectivity index (χ4v) is 10.3. The van der Waals surface area contributed by atoms with Gasteiger partial charge in [-0.3, -0.25) is 0 Å². The molecule has 0 amide bonds. The van der Waals surface area contributed by atoms with Crippen molar-refractivity contribution in [3.63, 3.8) is 0 Å². The summed E-state index contributed by atoms with van der Waals surface area (Å²) < 4.78 is 13.2. The van der Waals surface area contributed by atoms with Crippen LogP contribution in [0.3, 0.4) is 0 Å². The Bertz CT molecular complexity index is 935. The maximum Gasteiger partial charge on any atom is 0.0637 e. The van der Waals surface area contributed by atoms with Crippen molar-refractivity contribution in [1.82, 2.24) is 4.90 Å². The molecule has 0 aromatic heterocycles. The Balaban J connectivity index is 1.45. The number of fused-ring (bicyclic) bond motifs is 1. The zero-order valence-electron chi connectivity index (χ0n) is 29.3. The van der Waals surface area contributed by atoms with Gasteiger partial charge in [-0.05, 0) is 143 Å². The van der Waals surface area contributed by atoms with E-state index in [1.807, 2.05) is 0 Å². The van der Waals surface area contributed by atoms with Gasteiger partial charge in [0.1, 0.15) is 0 Å². The average Bonchev–Trinajstić information content (AvgIpc) is 3.38. The summed E-state index contributed by atoms with van der Waals surface area (Å²) in [5.41, 5.74) is 13.8. The van der Waals surface area contributed by atoms with Crippen molar-refractivity contribution in [3.8, 4) is 0 Å². The predicted molar refractivity (Wildman–Crippen MR) is 185 cm³/mol. The summed E-state index contributed by atoms with van der Waals surface area (Å²) in [6, 6.07) is 10.9. The third kappa shape index (κ3) is 8.68. The first kappa shape index (κ1) is 35.9. The van der Waals surface area contributed by atoms with E-state index in [1.165, 1.54) is 82.7 Å². The van der Waals surface area contributed by atoms with Crippen molar-refractivity contribution < 1.29 is 9.47 Å². The number of hydrogen-bond acceptors (Lipinski definition) is 5. The van der Waals surface area contributed by atoms with Crippen molar-refractivity contribution in [2.24, 2.45) is 51.9 Å². The molecule has 3 aliphatic rings. The van der Waals surface area contributed by atoms with Crippen LogP contribution in [0.2, 0.25) is 0 Å². The van der Waals surface area contributed by atoms with E-state index in [-0.39, 0.29) is 5.41 Å². The average molecular weight is 612 g/mol. The summed E-state index contributed by atoms with van der Waals surface area (Å²) in [7, 11) is 2.28. The lowest BCUT2D eigenvalue weighted by Gasteiger charge is -2.59. The van der Waals surface area contributed by atoms with Gasteiger partial charge in [-0.25, -0.2) is 0 Å². The second-order valence-electron chi connectivity index (χ2n) is 15.7. The van der Waals surface area contributed by atoms with Crippen LogP contribution in [0.4, 0.5) is 0 Å². The number of nitrogens with zero attached hydrogens (tertiary/aromatic N) is 1. The van der Waals surface area contributed by atoms with Crippen molar-refractivity contribution >= 4 is 0 Å². The van der Waals surface area contributed by atoms with E-state index in [9.17, 15) is 0 Å². The molecule has 0 spiro atoms. The summed E-state index contributed by atoms with van der Waals surface area (Å²) in [5, 5.41) is 0. The highest BCUT2D eigenvalue weighted by Gasteiger charge is 2.61. The van der Waals surface area contributed by atoms with Gasteiger partial charge in [-0.15, -0.1) is 0 Å². The molecule has 3 fully saturated rings. The molecule has 4 N–H and O–H groups in total. The van der Waals surface area contributed by atoms with E-state index in [0.717, 1.165) is 68.7 Å². The van der Waals surface area contributed by atoms with Crippen LogP contribution in [0.5, 0.6) is 0 Å². The van der Waals surface area contributed by atoms with Crippen molar-refractivity contribution in [2.45, 2.75) is 130 Å². The number of benzene rings is 1. The molecule has 5 heteroatoms. The first-order valence-corrected chi connectivity index (χ1v) is 18.6. The molecule has 1 aromatic carbocycles. The first-order chi connectivity index (χ1) is 21.3. The van der Waals surface area contributed by atoms with Crippen LogP contribution in [-0.2, 0) is 16.0 Å². The highest BCUT2D eigenvalue weighted by molar-refractivity contribution is 5.14. The Kier molecular flexibility index (Phi) is 14.1. The number of hydrogen-bond donors (Lipinski definition) is 2. The van der Waals surface area contributed by atoms with Crippen LogP contribution in [0.25, 0.3) is 0 Å². The third-order valence-electron chi connectivity index (χ3n) is 12.7. The quantitative estimate of drug-likeness (QED) is 0.164. The molecule has 3 saturated carbocycles. The standard InChI is InChI=1S/C39H69N3O2/c1-6-13-33-35-18-17-34(30(2)14-10-25-42(5)29-31-15-8-7-9-16-31)39(35,4)37(44-27-12-24-41)28-36(33)38(3)21-19-32(20-22-38)43-26-11-23-40/h7-9,15-16,30,32-37H,6,10-14,17-29,40-41H2,1-5H3/t30-,32-,33?,34-,35+,36+,37+,38+,39?/m1/s1. The molecule has 4 rings (SSSR count). The fourth-order valence-electron chi connectivity index (χ4n) is 10.3. The zero-order chi connectivity index (χ0) is 31.6. The minimum absolute atomic E-state index is 0.263. The Hall–Kier alpha value is -0.980. The lowest BCUT2D eigenvalue weighted by molar-refractivity contribution is -0.167. The molecule has 7 atom stereocenters. The summed E-state index contributed by atoms with van der Waals surface area (Å²) in [5.74, 6) is 3.80. The minimum Gasteiger partial charge on any atom is -0.378 e. The van der Waals surface area contributed by atoms with Gasteiger partial charge in [0.2, 0.25) is 0 Å². The number of rotatable bonds is 18. The normalized spacial score (nSPS) is 34.7. The Morgan fingerprint density at radius 3 is 2.25 bits per heavy atom. The molecule has 1 aromatic rings. The third-order valence-corrected chi connectivity index (χ3v) is 12.7. The first-order valence-electron chi connectivity index (χ1n) is 18.6. The Labute approximate surface area is 271 Å². The molecular formula is C39H69N3O2. The number of nitrogens with two attached hydrogens (primary N) is 2. The molecule has 5 nitrogen and oxygen atoms in total. The number of ether oxygens (including phenoxy) is 2. The van der Waals surface area contributed by atoms with Crippen LogP contribution in [-0.4, -0.2) is 57.0 Å². The van der Waals surface area contributed by atoms with Gasteiger partial charge >= 0.3 is 0 Å². The SMILES string of the molecule is CCCC1[C@@H]2CC[C@H]([C@H](C)CCCN(C)Cc3ccccc3)C2(C)[C@@H](OCCCN)C[C@@H]1[C@]1(C)CC[C@H](OCCCN)CC1. The van der Waals surface area contributed by atoms with Crippen LogP contribution in [0, 0.1) is 40.4 Å². The van der Waals surface area contributed by atoms with Crippen LogP contribution < -0.4 is 11.5 Å². The summed E-state index contributed by atoms with van der Waals surface area (Å²) >= 11 is 0. The van der Waals surface area contributed by atoms with Crippen LogP contribution in [0.15, 0.2) is 30.3 Å². The maximum atomic E-state index is 6.98. The molecule has 0 bridgehead atoms. The van der Waals surface area contributed by atoms with Crippen LogP contribution >= 0.6 is 0 Å². The smallest absolute Gasteiger partial charge is 0.0637 e. The monoisotopic (exact) mass is 612 g/mol. The van der Waals surface area contributed by atoms with Gasteiger partial charge in [-0.2, -0.15) is 0 Å². The van der Waals surface area contributed by atoms with E-state index >= 15 is 0 Å². The lowest BCUT2D eigenvalue weighted by atomic mass is 9.48. The van der Waals surface area contributed by atoms with E-state index < -0.39 is 0 Å². The van der Waals surface area contributed by atoms with E-state index in [4.69, 9.17) is 20.9 Å². The second kappa shape index (κ2) is 17.3. The fraction of sp³-hybridized carbons (Fsp3) is 0.846. The van der Waals surface area contributed by atoms with Crippen LogP contribution in [0.1, 0.15) is 117 Å². The molecule has 0 heterocycles. The Morgan fingerprint density at radius 1 is 0.909 bits per heavy atom. The highest BCUT2D eigenvalue weighted by atomic mass is 16.5. The summed E-state index contributed by atoms with van der Waals surface area (Å²) in [6.07, 6.45) is 17.0. The van der Waals surface area contributed by atoms with Gasteiger partial charge in [0.25, 0.3) is 0 Å². The molecule has 3 aliphatic carbocycles. The largest absolute Gasteiger partial charge is 0.378 e. The van der Waals surface area contributed by atoms with E-state index in [2.05, 4.69) is 70.0 Å². The molecule has 44 heavy (non-hydrogen) atoms. The maximum absolute atomic E-state index is 6.98. The summed E-state index contributed by atoms with van der Waals surface area (Å²) in [4.78, 5) is 2.50. The van der Waals surface area contributed by atoms with Crippen molar-refractivity contribution in [2.75, 3.05) is 39.9 Å². The van der Waals surface area contributed by atoms with Crippen molar-refractivity contribution in [1.29, 1.82) is 0 Å². The van der Waals surface area contributed by atoms with Crippen molar-refractivity contribution in [3.05, 3.63) is 35.9 Å². The molecule has 0 radical (unpaired) electrons. The van der Waals surface area contributed by atoms with Gasteiger partial charge in [-0.1, -0.05) is 70.9 Å². The van der Waals surface area contributed by atoms with E-state index in [1.54, 1.807) is 0 Å². The second-order valence-corrected chi connectivity index (χ2v) is 15.7. The summed E-state index contributed by atoms with van der Waals surface area (Å²) in [6.45, 7) is 15.6. The Morgan fingerprint density at radius 2 is 1.59 bits per heavy atom. The molecule has 0 saturated heterocycles. The van der Waals surface area contributed by atoms with Gasteiger partial charge in [0, 0.05) is 19.8 Å². The molecule has 0 aliphatic heterocycles. The van der Waals surface area contributed by atoms with Gasteiger partial charge in [0.05, 0.1) is 12.2 Å². The minimum atomic E-state index is 0.263. The lowest BCUT2D eigenvalue weighted by Crippen LogP contribution is -2.56. The highest BCUT2D eigenvalue weighted by Crippen LogP contribution is 2.66.